The maximum atomic E-state index is 11.2. The van der Waals surface area contributed by atoms with E-state index in [9.17, 15) is 4.79 Å². The van der Waals surface area contributed by atoms with Crippen molar-refractivity contribution in [1.29, 1.82) is 0 Å². The molecule has 0 aliphatic heterocycles. The molecule has 0 saturated carbocycles. The Hall–Kier alpha value is -1.96. The Morgan fingerprint density at radius 3 is 2.89 bits per heavy atom. The van der Waals surface area contributed by atoms with Gasteiger partial charge in [-0.3, -0.25) is 4.98 Å². The van der Waals surface area contributed by atoms with Crippen LogP contribution in [0.4, 0.5) is 0 Å². The van der Waals surface area contributed by atoms with Crippen molar-refractivity contribution in [2.45, 2.75) is 10.9 Å². The highest BCUT2D eigenvalue weighted by Crippen LogP contribution is 2.17. The highest BCUT2D eigenvalue weighted by molar-refractivity contribution is 7.98. The zero-order valence-corrected chi connectivity index (χ0v) is 10.7. The summed E-state index contributed by atoms with van der Waals surface area (Å²) in [6.07, 6.45) is 1.50. The Morgan fingerprint density at radius 2 is 2.33 bits per heavy atom. The van der Waals surface area contributed by atoms with Gasteiger partial charge in [-0.2, -0.15) is 0 Å². The fourth-order valence-corrected chi connectivity index (χ4v) is 2.00. The van der Waals surface area contributed by atoms with Gasteiger partial charge in [0.15, 0.2) is 0 Å². The molecule has 0 aliphatic carbocycles. The third kappa shape index (κ3) is 2.83. The van der Waals surface area contributed by atoms with Gasteiger partial charge in [-0.25, -0.2) is 9.48 Å². The molecule has 18 heavy (non-hydrogen) atoms. The second-order valence-electron chi connectivity index (χ2n) is 3.40. The average Bonchev–Trinajstić information content (AvgIpc) is 2.81. The van der Waals surface area contributed by atoms with Gasteiger partial charge < -0.3 is 4.74 Å². The predicted molar refractivity (Wildman–Crippen MR) is 63.9 cm³/mol. The Labute approximate surface area is 108 Å². The van der Waals surface area contributed by atoms with E-state index >= 15 is 0 Å². The van der Waals surface area contributed by atoms with Gasteiger partial charge >= 0.3 is 5.97 Å². The SMILES string of the molecule is COC(=O)c1ccc(CSc2nnnn2C)nc1. The van der Waals surface area contributed by atoms with Crippen LogP contribution in [-0.2, 0) is 17.5 Å². The van der Waals surface area contributed by atoms with Crippen molar-refractivity contribution in [2.75, 3.05) is 7.11 Å². The lowest BCUT2D eigenvalue weighted by Gasteiger charge is -2.01. The molecule has 0 bridgehead atoms. The number of hydrogen-bond donors (Lipinski definition) is 0. The molecule has 2 aromatic rings. The molecular weight excluding hydrogens is 254 g/mol. The van der Waals surface area contributed by atoms with Gasteiger partial charge in [0.2, 0.25) is 5.16 Å². The second kappa shape index (κ2) is 5.58. The van der Waals surface area contributed by atoms with Crippen molar-refractivity contribution in [3.05, 3.63) is 29.6 Å². The van der Waals surface area contributed by atoms with E-state index in [0.717, 1.165) is 5.69 Å². The number of carbonyl (C=O) groups is 1. The quantitative estimate of drug-likeness (QED) is 0.594. The first kappa shape index (κ1) is 12.5. The van der Waals surface area contributed by atoms with Gasteiger partial charge in [0.1, 0.15) is 0 Å². The molecule has 0 fully saturated rings. The van der Waals surface area contributed by atoms with Crippen LogP contribution in [-0.4, -0.2) is 38.3 Å². The van der Waals surface area contributed by atoms with Crippen molar-refractivity contribution in [3.8, 4) is 0 Å². The van der Waals surface area contributed by atoms with E-state index in [1.165, 1.54) is 25.1 Å². The first-order valence-electron chi connectivity index (χ1n) is 5.09. The first-order valence-corrected chi connectivity index (χ1v) is 6.07. The van der Waals surface area contributed by atoms with Crippen molar-refractivity contribution in [1.82, 2.24) is 25.2 Å². The summed E-state index contributed by atoms with van der Waals surface area (Å²) in [6.45, 7) is 0. The smallest absolute Gasteiger partial charge is 0.339 e. The van der Waals surface area contributed by atoms with Crippen molar-refractivity contribution >= 4 is 17.7 Å². The Balaban J connectivity index is 1.98. The number of aryl methyl sites for hydroxylation is 1. The maximum Gasteiger partial charge on any atom is 0.339 e. The Bertz CT molecular complexity index is 539. The molecule has 0 spiro atoms. The van der Waals surface area contributed by atoms with Crippen LogP contribution in [0.3, 0.4) is 0 Å². The standard InChI is InChI=1S/C10H11N5O2S/c1-15-10(12-13-14-15)18-6-8-4-3-7(5-11-8)9(16)17-2/h3-5H,6H2,1-2H3. The van der Waals surface area contributed by atoms with E-state index in [0.29, 0.717) is 16.5 Å². The predicted octanol–water partition coefficient (Wildman–Crippen LogP) is 0.684. The molecule has 94 valence electrons. The lowest BCUT2D eigenvalue weighted by Crippen LogP contribution is -2.02. The largest absolute Gasteiger partial charge is 0.465 e. The number of tetrazole rings is 1. The Kier molecular flexibility index (Phi) is 3.88. The Morgan fingerprint density at radius 1 is 1.50 bits per heavy atom. The molecule has 0 atom stereocenters. The van der Waals surface area contributed by atoms with Gasteiger partial charge in [-0.05, 0) is 22.6 Å². The number of thioether (sulfide) groups is 1. The van der Waals surface area contributed by atoms with Gasteiger partial charge in [-0.15, -0.1) is 5.10 Å². The van der Waals surface area contributed by atoms with Crippen molar-refractivity contribution in [3.63, 3.8) is 0 Å². The highest BCUT2D eigenvalue weighted by atomic mass is 32.2. The zero-order chi connectivity index (χ0) is 13.0. The molecule has 0 aliphatic rings. The van der Waals surface area contributed by atoms with E-state index in [1.54, 1.807) is 23.9 Å². The van der Waals surface area contributed by atoms with Crippen LogP contribution in [0.5, 0.6) is 0 Å². The normalized spacial score (nSPS) is 10.3. The number of aromatic nitrogens is 5. The van der Waals surface area contributed by atoms with Crippen molar-refractivity contribution < 1.29 is 9.53 Å². The lowest BCUT2D eigenvalue weighted by atomic mass is 10.2. The summed E-state index contributed by atoms with van der Waals surface area (Å²) in [7, 11) is 3.11. The van der Waals surface area contributed by atoms with E-state index in [1.807, 2.05) is 0 Å². The molecule has 0 amide bonds. The summed E-state index contributed by atoms with van der Waals surface area (Å²) in [6, 6.07) is 3.46. The minimum atomic E-state index is -0.390. The molecule has 0 saturated heterocycles. The van der Waals surface area contributed by atoms with E-state index < -0.39 is 0 Å². The molecule has 0 unspecified atom stereocenters. The molecular formula is C10H11N5O2S. The topological polar surface area (TPSA) is 82.8 Å². The number of carbonyl (C=O) groups excluding carboxylic acids is 1. The summed E-state index contributed by atoms with van der Waals surface area (Å²) < 4.78 is 6.19. The van der Waals surface area contributed by atoms with Gasteiger partial charge in [-0.1, -0.05) is 11.8 Å². The number of methoxy groups -OCH3 is 1. The van der Waals surface area contributed by atoms with E-state index in [-0.39, 0.29) is 5.97 Å². The van der Waals surface area contributed by atoms with Crippen LogP contribution >= 0.6 is 11.8 Å². The number of esters is 1. The first-order chi connectivity index (χ1) is 8.70. The summed E-state index contributed by atoms with van der Waals surface area (Å²) in [4.78, 5) is 15.4. The molecule has 0 aromatic carbocycles. The van der Waals surface area contributed by atoms with Crippen LogP contribution in [0.1, 0.15) is 16.1 Å². The minimum absolute atomic E-state index is 0.390. The molecule has 2 heterocycles. The molecule has 0 N–H and O–H groups in total. The molecule has 2 aromatic heterocycles. The summed E-state index contributed by atoms with van der Waals surface area (Å²) >= 11 is 1.47. The van der Waals surface area contributed by atoms with E-state index in [2.05, 4.69) is 25.2 Å². The average molecular weight is 265 g/mol. The van der Waals surface area contributed by atoms with Gasteiger partial charge in [0, 0.05) is 19.0 Å². The summed E-state index contributed by atoms with van der Waals surface area (Å²) in [5.41, 5.74) is 1.28. The summed E-state index contributed by atoms with van der Waals surface area (Å²) in [5.74, 6) is 0.245. The number of ether oxygens (including phenoxy) is 1. The van der Waals surface area contributed by atoms with Crippen LogP contribution in [0.2, 0.25) is 0 Å². The number of nitrogens with zero attached hydrogens (tertiary/aromatic N) is 5. The maximum absolute atomic E-state index is 11.2. The highest BCUT2D eigenvalue weighted by Gasteiger charge is 2.07. The fraction of sp³-hybridized carbons (Fsp3) is 0.300. The monoisotopic (exact) mass is 265 g/mol. The van der Waals surface area contributed by atoms with Crippen LogP contribution in [0.25, 0.3) is 0 Å². The third-order valence-electron chi connectivity index (χ3n) is 2.18. The number of hydrogen-bond acceptors (Lipinski definition) is 7. The van der Waals surface area contributed by atoms with Gasteiger partial charge in [0.05, 0.1) is 18.4 Å². The second-order valence-corrected chi connectivity index (χ2v) is 4.35. The van der Waals surface area contributed by atoms with Crippen LogP contribution in [0, 0.1) is 0 Å². The third-order valence-corrected chi connectivity index (χ3v) is 3.22. The molecule has 7 nitrogen and oxygen atoms in total. The lowest BCUT2D eigenvalue weighted by molar-refractivity contribution is 0.0600. The molecule has 0 radical (unpaired) electrons. The molecule has 2 rings (SSSR count). The van der Waals surface area contributed by atoms with Gasteiger partial charge in [0.25, 0.3) is 0 Å². The fourth-order valence-electron chi connectivity index (χ4n) is 1.23. The number of pyridine rings is 1. The summed E-state index contributed by atoms with van der Waals surface area (Å²) in [5, 5.41) is 11.8. The van der Waals surface area contributed by atoms with Crippen LogP contribution < -0.4 is 0 Å². The number of rotatable bonds is 4. The van der Waals surface area contributed by atoms with Crippen LogP contribution in [0.15, 0.2) is 23.5 Å². The van der Waals surface area contributed by atoms with Crippen molar-refractivity contribution in [2.24, 2.45) is 7.05 Å². The van der Waals surface area contributed by atoms with E-state index in [4.69, 9.17) is 0 Å². The zero-order valence-electron chi connectivity index (χ0n) is 9.90. The minimum Gasteiger partial charge on any atom is -0.465 e. The molecule has 8 heteroatoms.